The van der Waals surface area contributed by atoms with Crippen LogP contribution in [0.2, 0.25) is 0 Å². The summed E-state index contributed by atoms with van der Waals surface area (Å²) in [7, 11) is 0. The van der Waals surface area contributed by atoms with Crippen LogP contribution in [0.25, 0.3) is 0 Å². The van der Waals surface area contributed by atoms with Gasteiger partial charge in [-0.25, -0.2) is 4.98 Å². The number of carbonyl (C=O) groups excluding carboxylic acids is 2. The number of anilines is 1. The van der Waals surface area contributed by atoms with E-state index in [9.17, 15) is 9.59 Å². The molecule has 0 unspecified atom stereocenters. The van der Waals surface area contributed by atoms with Gasteiger partial charge >= 0.3 is 0 Å². The molecule has 2 aliphatic heterocycles. The molecule has 2 aliphatic rings. The monoisotopic (exact) mass is 487 g/mol. The van der Waals surface area contributed by atoms with E-state index in [4.69, 9.17) is 9.47 Å². The van der Waals surface area contributed by atoms with Crippen LogP contribution in [0.5, 0.6) is 11.5 Å². The van der Waals surface area contributed by atoms with Gasteiger partial charge in [0.1, 0.15) is 5.69 Å². The lowest BCUT2D eigenvalue weighted by atomic mass is 9.97. The lowest BCUT2D eigenvalue weighted by Gasteiger charge is -2.29. The molecule has 178 valence electrons. The largest absolute Gasteiger partial charge is 0.454 e. The quantitative estimate of drug-likeness (QED) is 0.514. The minimum Gasteiger partial charge on any atom is -0.454 e. The third-order valence-electron chi connectivity index (χ3n) is 6.19. The van der Waals surface area contributed by atoms with Gasteiger partial charge in [0.2, 0.25) is 6.79 Å². The van der Waals surface area contributed by atoms with Crippen LogP contribution >= 0.6 is 11.3 Å². The molecule has 3 heterocycles. The van der Waals surface area contributed by atoms with Crippen LogP contribution in [0, 0.1) is 11.8 Å². The highest BCUT2D eigenvalue weighted by Crippen LogP contribution is 2.36. The summed E-state index contributed by atoms with van der Waals surface area (Å²) in [5, 5.41) is 2.77. The number of hydrogen-bond donors (Lipinski definition) is 0. The molecular formula is C27H25N3O4S. The van der Waals surface area contributed by atoms with Crippen LogP contribution in [0.3, 0.4) is 0 Å². The summed E-state index contributed by atoms with van der Waals surface area (Å²) in [5.41, 5.74) is 2.02. The summed E-state index contributed by atoms with van der Waals surface area (Å²) in [6.45, 7) is 3.90. The van der Waals surface area contributed by atoms with Crippen molar-refractivity contribution < 1.29 is 19.1 Å². The number of piperidine rings is 1. The molecule has 0 aliphatic carbocycles. The van der Waals surface area contributed by atoms with Gasteiger partial charge in [0.25, 0.3) is 11.8 Å². The zero-order valence-corrected chi connectivity index (χ0v) is 20.2. The van der Waals surface area contributed by atoms with E-state index in [1.54, 1.807) is 9.80 Å². The van der Waals surface area contributed by atoms with Crippen LogP contribution in [0.15, 0.2) is 53.9 Å². The first-order chi connectivity index (χ1) is 17.1. The van der Waals surface area contributed by atoms with Gasteiger partial charge in [-0.3, -0.25) is 9.59 Å². The second-order valence-electron chi connectivity index (χ2n) is 8.34. The first-order valence-electron chi connectivity index (χ1n) is 11.7. The van der Waals surface area contributed by atoms with E-state index in [1.165, 1.54) is 11.3 Å². The topological polar surface area (TPSA) is 72.0 Å². The summed E-state index contributed by atoms with van der Waals surface area (Å²) in [6.07, 6.45) is 1.61. The van der Waals surface area contributed by atoms with E-state index in [0.29, 0.717) is 36.8 Å². The molecule has 0 N–H and O–H groups in total. The minimum absolute atomic E-state index is 0.141. The molecule has 35 heavy (non-hydrogen) atoms. The molecule has 2 aromatic carbocycles. The van der Waals surface area contributed by atoms with Crippen molar-refractivity contribution in [3.05, 3.63) is 70.2 Å². The number of ether oxygens (including phenoxy) is 2. The average molecular weight is 488 g/mol. The third kappa shape index (κ3) is 5.00. The maximum absolute atomic E-state index is 13.2. The van der Waals surface area contributed by atoms with Crippen molar-refractivity contribution in [1.29, 1.82) is 0 Å². The Bertz CT molecular complexity index is 1290. The highest BCUT2D eigenvalue weighted by molar-refractivity contribution is 7.10. The van der Waals surface area contributed by atoms with E-state index >= 15 is 0 Å². The number of fused-ring (bicyclic) bond motifs is 1. The van der Waals surface area contributed by atoms with Crippen LogP contribution in [-0.4, -0.2) is 48.1 Å². The van der Waals surface area contributed by atoms with Gasteiger partial charge in [0.05, 0.1) is 5.01 Å². The van der Waals surface area contributed by atoms with Crippen molar-refractivity contribution in [1.82, 2.24) is 9.88 Å². The molecule has 5 rings (SSSR count). The lowest BCUT2D eigenvalue weighted by Crippen LogP contribution is -2.37. The van der Waals surface area contributed by atoms with Crippen molar-refractivity contribution in [2.45, 2.75) is 25.7 Å². The molecule has 8 heteroatoms. The molecule has 0 radical (unpaired) electrons. The highest BCUT2D eigenvalue weighted by Gasteiger charge is 2.27. The summed E-state index contributed by atoms with van der Waals surface area (Å²) in [4.78, 5) is 33.9. The first kappa shape index (κ1) is 22.9. The van der Waals surface area contributed by atoms with E-state index in [1.807, 2.05) is 60.8 Å². The number of thiazole rings is 1. The smallest absolute Gasteiger partial charge is 0.298 e. The first-order valence-corrected chi connectivity index (χ1v) is 12.5. The maximum Gasteiger partial charge on any atom is 0.298 e. The molecule has 0 saturated carbocycles. The van der Waals surface area contributed by atoms with Gasteiger partial charge in [-0.15, -0.1) is 11.3 Å². The summed E-state index contributed by atoms with van der Waals surface area (Å²) in [6, 6.07) is 15.0. The normalized spacial score (nSPS) is 14.8. The summed E-state index contributed by atoms with van der Waals surface area (Å²) in [5.74, 6) is 6.95. The fraction of sp³-hybridized carbons (Fsp3) is 0.296. The molecular weight excluding hydrogens is 462 g/mol. The standard InChI is InChI=1S/C27H25N3O4S/c1-2-30(21-9-10-23-24(16-21)34-18-33-23)27(32)22-17-35-26(28-22)20-12-14-29(15-13-20)25(31)11-8-19-6-4-3-5-7-19/h3-7,9-10,16-17,20H,2,12-15,18H2,1H3. The number of hydrogen-bond acceptors (Lipinski definition) is 6. The minimum atomic E-state index is -0.148. The average Bonchev–Trinajstić information content (AvgIpc) is 3.58. The fourth-order valence-corrected chi connectivity index (χ4v) is 5.23. The molecule has 7 nitrogen and oxygen atoms in total. The fourth-order valence-electron chi connectivity index (χ4n) is 4.26. The number of amides is 2. The Balaban J connectivity index is 1.21. The van der Waals surface area contributed by atoms with Crippen LogP contribution in [-0.2, 0) is 4.79 Å². The van der Waals surface area contributed by atoms with Crippen molar-refractivity contribution in [2.75, 3.05) is 31.3 Å². The Morgan fingerprint density at radius 3 is 2.66 bits per heavy atom. The van der Waals surface area contributed by atoms with Crippen LogP contribution in [0.1, 0.15) is 46.7 Å². The predicted octanol–water partition coefficient (Wildman–Crippen LogP) is 4.30. The Morgan fingerprint density at radius 2 is 1.89 bits per heavy atom. The Labute approximate surface area is 208 Å². The van der Waals surface area contributed by atoms with Gasteiger partial charge in [-0.2, -0.15) is 0 Å². The number of benzene rings is 2. The van der Waals surface area contributed by atoms with Crippen molar-refractivity contribution >= 4 is 28.8 Å². The number of nitrogens with zero attached hydrogens (tertiary/aromatic N) is 3. The molecule has 0 bridgehead atoms. The van der Waals surface area contributed by atoms with E-state index in [-0.39, 0.29) is 24.5 Å². The molecule has 1 fully saturated rings. The van der Waals surface area contributed by atoms with Crippen LogP contribution in [0.4, 0.5) is 5.69 Å². The number of likely N-dealkylation sites (tertiary alicyclic amines) is 1. The van der Waals surface area contributed by atoms with E-state index in [0.717, 1.165) is 29.1 Å². The molecule has 1 saturated heterocycles. The SMILES string of the molecule is CCN(C(=O)c1csc(C2CCN(C(=O)C#Cc3ccccc3)CC2)n1)c1ccc2c(c1)OCO2. The number of carbonyl (C=O) groups is 2. The van der Waals surface area contributed by atoms with Gasteiger partial charge in [0.15, 0.2) is 11.5 Å². The van der Waals surface area contributed by atoms with E-state index in [2.05, 4.69) is 16.8 Å². The van der Waals surface area contributed by atoms with Crippen LogP contribution < -0.4 is 14.4 Å². The lowest BCUT2D eigenvalue weighted by molar-refractivity contribution is -0.126. The van der Waals surface area contributed by atoms with E-state index < -0.39 is 0 Å². The van der Waals surface area contributed by atoms with Gasteiger partial charge in [-0.05, 0) is 44.0 Å². The number of rotatable bonds is 4. The highest BCUT2D eigenvalue weighted by atomic mass is 32.1. The van der Waals surface area contributed by atoms with Gasteiger partial charge in [0, 0.05) is 54.2 Å². The predicted molar refractivity (Wildman–Crippen MR) is 134 cm³/mol. The van der Waals surface area contributed by atoms with Gasteiger partial charge < -0.3 is 19.3 Å². The molecule has 0 spiro atoms. The Hall–Kier alpha value is -3.83. The second kappa shape index (κ2) is 10.2. The van der Waals surface area contributed by atoms with Crippen molar-refractivity contribution in [2.24, 2.45) is 0 Å². The Morgan fingerprint density at radius 1 is 1.11 bits per heavy atom. The molecule has 1 aromatic heterocycles. The molecule has 2 amide bonds. The summed E-state index contributed by atoms with van der Waals surface area (Å²) < 4.78 is 10.8. The third-order valence-corrected chi connectivity index (χ3v) is 7.20. The van der Waals surface area contributed by atoms with Crippen molar-refractivity contribution in [3.63, 3.8) is 0 Å². The molecule has 3 aromatic rings. The summed E-state index contributed by atoms with van der Waals surface area (Å²) >= 11 is 1.51. The zero-order valence-electron chi connectivity index (χ0n) is 19.4. The van der Waals surface area contributed by atoms with Crippen molar-refractivity contribution in [3.8, 4) is 23.3 Å². The van der Waals surface area contributed by atoms with Gasteiger partial charge in [-0.1, -0.05) is 24.1 Å². The zero-order chi connectivity index (χ0) is 24.2. The Kier molecular flexibility index (Phi) is 6.68. The number of aromatic nitrogens is 1. The second-order valence-corrected chi connectivity index (χ2v) is 9.23. The molecule has 0 atom stereocenters. The maximum atomic E-state index is 13.2.